The summed E-state index contributed by atoms with van der Waals surface area (Å²) in [6.07, 6.45) is 5.84. The van der Waals surface area contributed by atoms with Gasteiger partial charge in [0.1, 0.15) is 6.04 Å². The number of terminal acetylenes is 1. The van der Waals surface area contributed by atoms with Crippen LogP contribution in [0, 0.1) is 19.3 Å². The average Bonchev–Trinajstić information content (AvgIpc) is 3.12. The number of rotatable bonds is 5. The van der Waals surface area contributed by atoms with E-state index in [1.807, 2.05) is 24.0 Å². The number of thiophene rings is 1. The van der Waals surface area contributed by atoms with Crippen molar-refractivity contribution in [2.45, 2.75) is 26.3 Å². The summed E-state index contributed by atoms with van der Waals surface area (Å²) in [5.41, 5.74) is 2.38. The molecule has 3 N–H and O–H groups in total. The van der Waals surface area contributed by atoms with Gasteiger partial charge in [-0.05, 0) is 49.7 Å². The Kier molecular flexibility index (Phi) is 7.28. The first kappa shape index (κ1) is 22.3. The maximum absolute atomic E-state index is 12.5. The van der Waals surface area contributed by atoms with Crippen LogP contribution in [0.5, 0.6) is 0 Å². The first-order chi connectivity index (χ1) is 14.9. The second kappa shape index (κ2) is 10.1. The van der Waals surface area contributed by atoms with Crippen LogP contribution in [0.25, 0.3) is 0 Å². The molecule has 1 unspecified atom stereocenters. The molecule has 1 aliphatic rings. The van der Waals surface area contributed by atoms with Crippen LogP contribution in [0.4, 0.5) is 11.4 Å². The van der Waals surface area contributed by atoms with Crippen molar-refractivity contribution in [2.75, 3.05) is 30.0 Å². The zero-order valence-electron chi connectivity index (χ0n) is 17.3. The van der Waals surface area contributed by atoms with Crippen molar-refractivity contribution in [3.63, 3.8) is 0 Å². The Hall–Kier alpha value is -3.35. The van der Waals surface area contributed by atoms with Gasteiger partial charge in [0.05, 0.1) is 23.0 Å². The topological polar surface area (TPSA) is 103 Å². The third kappa shape index (κ3) is 5.42. The number of oxime groups is 1. The standard InChI is InChI=1S/C22H24N4O4S/c1-4-17-6-8-19(31-17)22(28)23-15(3)21(27)24-16-5-7-18(14(2)13-16)26-10-12-30-11-9-20(26)25-29/h1,5-8,13,15,29H,9-12H2,2-3H3,(H,23,28)(H,24,27)/b25-20-. The number of hydrogen-bond acceptors (Lipinski definition) is 6. The van der Waals surface area contributed by atoms with Crippen molar-refractivity contribution in [1.82, 2.24) is 5.32 Å². The first-order valence-corrected chi connectivity index (χ1v) is 10.6. The number of hydrogen-bond donors (Lipinski definition) is 3. The highest BCUT2D eigenvalue weighted by molar-refractivity contribution is 7.14. The van der Waals surface area contributed by atoms with Crippen LogP contribution in [0.1, 0.15) is 33.5 Å². The molecule has 2 heterocycles. The normalized spacial score (nSPS) is 16.3. The summed E-state index contributed by atoms with van der Waals surface area (Å²) in [6, 6.07) is 8.06. The number of amides is 2. The van der Waals surface area contributed by atoms with Gasteiger partial charge in [-0.1, -0.05) is 11.1 Å². The number of amidine groups is 1. The van der Waals surface area contributed by atoms with E-state index in [0.717, 1.165) is 11.3 Å². The third-order valence-corrected chi connectivity index (χ3v) is 5.84. The Balaban J connectivity index is 1.65. The molecule has 1 aromatic carbocycles. The van der Waals surface area contributed by atoms with Gasteiger partial charge in [-0.3, -0.25) is 9.59 Å². The number of aryl methyl sites for hydroxylation is 1. The highest BCUT2D eigenvalue weighted by Crippen LogP contribution is 2.25. The first-order valence-electron chi connectivity index (χ1n) is 9.78. The number of benzene rings is 1. The van der Waals surface area contributed by atoms with Crippen molar-refractivity contribution >= 4 is 40.4 Å². The van der Waals surface area contributed by atoms with E-state index in [4.69, 9.17) is 11.2 Å². The Labute approximate surface area is 184 Å². The van der Waals surface area contributed by atoms with Crippen LogP contribution in [-0.4, -0.2) is 48.7 Å². The SMILES string of the molecule is C#Cc1ccc(C(=O)NC(C)C(=O)Nc2ccc(N3CCOCC/C3=N/O)c(C)c2)s1. The monoisotopic (exact) mass is 440 g/mol. The van der Waals surface area contributed by atoms with Crippen molar-refractivity contribution in [3.8, 4) is 12.3 Å². The molecule has 8 nitrogen and oxygen atoms in total. The van der Waals surface area contributed by atoms with Crippen LogP contribution >= 0.6 is 11.3 Å². The zero-order valence-corrected chi connectivity index (χ0v) is 18.2. The minimum Gasteiger partial charge on any atom is -0.409 e. The molecule has 0 radical (unpaired) electrons. The summed E-state index contributed by atoms with van der Waals surface area (Å²) >= 11 is 1.20. The van der Waals surface area contributed by atoms with Crippen molar-refractivity contribution in [2.24, 2.45) is 5.16 Å². The van der Waals surface area contributed by atoms with Crippen molar-refractivity contribution in [3.05, 3.63) is 45.6 Å². The minimum absolute atomic E-state index is 0.338. The lowest BCUT2D eigenvalue weighted by atomic mass is 10.1. The number of nitrogens with zero attached hydrogens (tertiary/aromatic N) is 2. The van der Waals surface area contributed by atoms with Gasteiger partial charge in [0.25, 0.3) is 5.91 Å². The summed E-state index contributed by atoms with van der Waals surface area (Å²) in [4.78, 5) is 27.9. The molecule has 1 aliphatic heterocycles. The predicted octanol–water partition coefficient (Wildman–Crippen LogP) is 2.81. The van der Waals surface area contributed by atoms with Gasteiger partial charge in [0, 0.05) is 24.3 Å². The average molecular weight is 441 g/mol. The fourth-order valence-corrected chi connectivity index (χ4v) is 3.93. The zero-order chi connectivity index (χ0) is 22.4. The summed E-state index contributed by atoms with van der Waals surface area (Å²) in [7, 11) is 0. The molecule has 0 saturated carbocycles. The lowest BCUT2D eigenvalue weighted by molar-refractivity contribution is -0.117. The minimum atomic E-state index is -0.736. The number of anilines is 2. The van der Waals surface area contributed by atoms with Gasteiger partial charge in [-0.25, -0.2) is 0 Å². The van der Waals surface area contributed by atoms with E-state index in [0.29, 0.717) is 47.5 Å². The summed E-state index contributed by atoms with van der Waals surface area (Å²) in [5.74, 6) is 2.33. The molecule has 2 amide bonds. The van der Waals surface area contributed by atoms with E-state index < -0.39 is 6.04 Å². The number of nitrogens with one attached hydrogen (secondary N) is 2. The number of carbonyl (C=O) groups excluding carboxylic acids is 2. The lowest BCUT2D eigenvalue weighted by Crippen LogP contribution is -2.41. The molecule has 3 rings (SSSR count). The van der Waals surface area contributed by atoms with E-state index in [1.165, 1.54) is 11.3 Å². The molecule has 0 aliphatic carbocycles. The molecule has 162 valence electrons. The maximum Gasteiger partial charge on any atom is 0.262 e. The molecule has 0 bridgehead atoms. The molecule has 0 spiro atoms. The third-order valence-electron chi connectivity index (χ3n) is 4.82. The van der Waals surface area contributed by atoms with E-state index in [9.17, 15) is 14.8 Å². The maximum atomic E-state index is 12.5. The highest BCUT2D eigenvalue weighted by atomic mass is 32.1. The molecule has 1 atom stereocenters. The molecular weight excluding hydrogens is 416 g/mol. The fourth-order valence-electron chi connectivity index (χ4n) is 3.21. The Morgan fingerprint density at radius 1 is 1.32 bits per heavy atom. The molecular formula is C22H24N4O4S. The molecule has 2 aromatic rings. The van der Waals surface area contributed by atoms with Crippen LogP contribution in [0.3, 0.4) is 0 Å². The molecule has 1 fully saturated rings. The molecule has 1 aromatic heterocycles. The van der Waals surface area contributed by atoms with Gasteiger partial charge < -0.3 is 25.5 Å². The number of ether oxygens (including phenoxy) is 1. The Morgan fingerprint density at radius 2 is 2.13 bits per heavy atom. The van der Waals surface area contributed by atoms with E-state index in [2.05, 4.69) is 21.7 Å². The van der Waals surface area contributed by atoms with E-state index in [1.54, 1.807) is 25.1 Å². The fraction of sp³-hybridized carbons (Fsp3) is 0.318. The molecule has 31 heavy (non-hydrogen) atoms. The summed E-state index contributed by atoms with van der Waals surface area (Å²) in [6.45, 7) is 5.13. The van der Waals surface area contributed by atoms with Crippen molar-refractivity contribution in [1.29, 1.82) is 0 Å². The number of carbonyl (C=O) groups is 2. The van der Waals surface area contributed by atoms with Crippen LogP contribution in [-0.2, 0) is 9.53 Å². The van der Waals surface area contributed by atoms with E-state index in [-0.39, 0.29) is 11.8 Å². The second-order valence-corrected chi connectivity index (χ2v) is 8.11. The predicted molar refractivity (Wildman–Crippen MR) is 121 cm³/mol. The highest BCUT2D eigenvalue weighted by Gasteiger charge is 2.21. The van der Waals surface area contributed by atoms with Crippen molar-refractivity contribution < 1.29 is 19.5 Å². The van der Waals surface area contributed by atoms with Crippen LogP contribution < -0.4 is 15.5 Å². The summed E-state index contributed by atoms with van der Waals surface area (Å²) in [5, 5.41) is 18.2. The lowest BCUT2D eigenvalue weighted by Gasteiger charge is -2.25. The Morgan fingerprint density at radius 3 is 2.81 bits per heavy atom. The van der Waals surface area contributed by atoms with Gasteiger partial charge in [0.15, 0.2) is 5.84 Å². The quantitative estimate of drug-likeness (QED) is 0.377. The van der Waals surface area contributed by atoms with Crippen LogP contribution in [0.15, 0.2) is 35.5 Å². The Bertz CT molecular complexity index is 1040. The smallest absolute Gasteiger partial charge is 0.262 e. The van der Waals surface area contributed by atoms with Gasteiger partial charge in [-0.2, -0.15) is 0 Å². The van der Waals surface area contributed by atoms with Gasteiger partial charge in [-0.15, -0.1) is 17.8 Å². The van der Waals surface area contributed by atoms with Gasteiger partial charge in [0.2, 0.25) is 5.91 Å². The second-order valence-electron chi connectivity index (χ2n) is 7.02. The largest absolute Gasteiger partial charge is 0.409 e. The molecule has 9 heteroatoms. The summed E-state index contributed by atoms with van der Waals surface area (Å²) < 4.78 is 5.46. The van der Waals surface area contributed by atoms with Crippen LogP contribution in [0.2, 0.25) is 0 Å². The van der Waals surface area contributed by atoms with Gasteiger partial charge >= 0.3 is 0 Å². The van der Waals surface area contributed by atoms with E-state index >= 15 is 0 Å². The molecule has 1 saturated heterocycles.